The molecule has 0 bridgehead atoms. The number of hydrogen-bond acceptors (Lipinski definition) is 2. The number of ether oxygens (including phenoxy) is 1. The Morgan fingerprint density at radius 2 is 1.81 bits per heavy atom. The van der Waals surface area contributed by atoms with Gasteiger partial charge in [0, 0.05) is 16.6 Å². The molecule has 0 spiro atoms. The molecule has 21 heavy (non-hydrogen) atoms. The predicted octanol–water partition coefficient (Wildman–Crippen LogP) is 3.83. The van der Waals surface area contributed by atoms with Crippen molar-refractivity contribution in [3.8, 4) is 5.75 Å². The zero-order chi connectivity index (χ0) is 15.2. The second-order valence-electron chi connectivity index (χ2n) is 4.66. The first-order valence-electron chi connectivity index (χ1n) is 6.58. The Morgan fingerprint density at radius 3 is 2.43 bits per heavy atom. The van der Waals surface area contributed by atoms with Crippen molar-refractivity contribution in [2.24, 2.45) is 0 Å². The number of rotatable bonds is 6. The molecule has 0 aromatic heterocycles. The highest BCUT2D eigenvalue weighted by Crippen LogP contribution is 2.18. The van der Waals surface area contributed by atoms with E-state index in [1.54, 1.807) is 31.3 Å². The molecule has 0 aliphatic heterocycles. The van der Waals surface area contributed by atoms with Crippen LogP contribution in [0.25, 0.3) is 0 Å². The van der Waals surface area contributed by atoms with Gasteiger partial charge in [-0.3, -0.25) is 0 Å². The molecule has 1 N–H and O–H groups in total. The van der Waals surface area contributed by atoms with Crippen molar-refractivity contribution in [3.05, 3.63) is 64.7 Å². The summed E-state index contributed by atoms with van der Waals surface area (Å²) in [5.74, 6) is -0.465. The topological polar surface area (TPSA) is 21.3 Å². The van der Waals surface area contributed by atoms with Gasteiger partial charge in [-0.05, 0) is 43.8 Å². The summed E-state index contributed by atoms with van der Waals surface area (Å²) in [5.41, 5.74) is 0.0616. The molecule has 0 saturated carbocycles. The van der Waals surface area contributed by atoms with Crippen molar-refractivity contribution in [3.63, 3.8) is 0 Å². The summed E-state index contributed by atoms with van der Waals surface area (Å²) in [6.45, 7) is 0.282. The first kappa shape index (κ1) is 15.7. The second kappa shape index (κ2) is 7.38. The number of halogens is 3. The van der Waals surface area contributed by atoms with E-state index >= 15 is 0 Å². The molecule has 0 heterocycles. The summed E-state index contributed by atoms with van der Waals surface area (Å²) in [4.78, 5) is 0. The lowest BCUT2D eigenvalue weighted by Gasteiger charge is -2.18. The Hall–Kier alpha value is -1.65. The summed E-state index contributed by atoms with van der Waals surface area (Å²) in [6, 6.07) is 10.6. The minimum absolute atomic E-state index is 0.0616. The van der Waals surface area contributed by atoms with Crippen LogP contribution in [0.5, 0.6) is 5.75 Å². The quantitative estimate of drug-likeness (QED) is 0.875. The van der Waals surface area contributed by atoms with Crippen LogP contribution in [-0.2, 0) is 6.42 Å². The van der Waals surface area contributed by atoms with Crippen molar-refractivity contribution < 1.29 is 13.5 Å². The van der Waals surface area contributed by atoms with Crippen LogP contribution in [-0.4, -0.2) is 19.7 Å². The molecule has 2 nitrogen and oxygen atoms in total. The van der Waals surface area contributed by atoms with Gasteiger partial charge in [-0.25, -0.2) is 8.78 Å². The van der Waals surface area contributed by atoms with Crippen LogP contribution < -0.4 is 10.1 Å². The maximum atomic E-state index is 13.6. The maximum absolute atomic E-state index is 13.6. The minimum Gasteiger partial charge on any atom is -0.492 e. The largest absolute Gasteiger partial charge is 0.492 e. The molecule has 0 radical (unpaired) electrons. The van der Waals surface area contributed by atoms with E-state index in [9.17, 15) is 8.78 Å². The van der Waals surface area contributed by atoms with Gasteiger partial charge in [0.1, 0.15) is 24.0 Å². The zero-order valence-electron chi connectivity index (χ0n) is 11.6. The van der Waals surface area contributed by atoms with Gasteiger partial charge in [-0.2, -0.15) is 0 Å². The zero-order valence-corrected chi connectivity index (χ0v) is 12.3. The van der Waals surface area contributed by atoms with Crippen LogP contribution in [0.3, 0.4) is 0 Å². The van der Waals surface area contributed by atoms with Gasteiger partial charge in [-0.15, -0.1) is 0 Å². The molecule has 0 fully saturated rings. The highest BCUT2D eigenvalue weighted by atomic mass is 35.5. The van der Waals surface area contributed by atoms with Crippen LogP contribution in [0.2, 0.25) is 5.02 Å². The summed E-state index contributed by atoms with van der Waals surface area (Å²) in [6.07, 6.45) is 0.204. The van der Waals surface area contributed by atoms with Crippen LogP contribution in [0.4, 0.5) is 8.78 Å². The third-order valence-corrected chi connectivity index (χ3v) is 3.40. The van der Waals surface area contributed by atoms with Crippen LogP contribution >= 0.6 is 11.6 Å². The Kier molecular flexibility index (Phi) is 5.53. The summed E-state index contributed by atoms with van der Waals surface area (Å²) in [7, 11) is 1.73. The Balaban J connectivity index is 2.00. The molecule has 0 saturated heterocycles. The standard InChI is InChI=1S/C16H16ClF2NO/c1-20-12(9-14-15(18)6-3-7-16(14)19)10-21-13-5-2-4-11(17)8-13/h2-8,12,20H,9-10H2,1H3. The first-order valence-corrected chi connectivity index (χ1v) is 6.96. The number of benzene rings is 2. The lowest BCUT2D eigenvalue weighted by Crippen LogP contribution is -2.34. The maximum Gasteiger partial charge on any atom is 0.129 e. The van der Waals surface area contributed by atoms with Crippen molar-refractivity contribution in [2.45, 2.75) is 12.5 Å². The molecule has 5 heteroatoms. The van der Waals surface area contributed by atoms with Gasteiger partial charge >= 0.3 is 0 Å². The smallest absolute Gasteiger partial charge is 0.129 e. The van der Waals surface area contributed by atoms with E-state index in [0.717, 1.165) is 0 Å². The second-order valence-corrected chi connectivity index (χ2v) is 5.09. The predicted molar refractivity (Wildman–Crippen MR) is 79.9 cm³/mol. The SMILES string of the molecule is CNC(COc1cccc(Cl)c1)Cc1c(F)cccc1F. The molecule has 2 aromatic carbocycles. The van der Waals surface area contributed by atoms with Crippen molar-refractivity contribution in [2.75, 3.05) is 13.7 Å². The summed E-state index contributed by atoms with van der Waals surface area (Å²) >= 11 is 5.87. The van der Waals surface area contributed by atoms with E-state index in [2.05, 4.69) is 5.32 Å². The van der Waals surface area contributed by atoms with Crippen molar-refractivity contribution in [1.82, 2.24) is 5.32 Å². The molecular weight excluding hydrogens is 296 g/mol. The lowest BCUT2D eigenvalue weighted by atomic mass is 10.1. The Labute approximate surface area is 127 Å². The van der Waals surface area contributed by atoms with Gasteiger partial charge in [0.2, 0.25) is 0 Å². The molecule has 2 rings (SSSR count). The molecule has 2 aromatic rings. The minimum atomic E-state index is -0.544. The van der Waals surface area contributed by atoms with Gasteiger partial charge < -0.3 is 10.1 Å². The molecular formula is C16H16ClF2NO. The van der Waals surface area contributed by atoms with Crippen LogP contribution in [0.15, 0.2) is 42.5 Å². The van der Waals surface area contributed by atoms with Crippen LogP contribution in [0, 0.1) is 11.6 Å². The fourth-order valence-electron chi connectivity index (χ4n) is 1.97. The van der Waals surface area contributed by atoms with Crippen molar-refractivity contribution >= 4 is 11.6 Å². The Bertz CT molecular complexity index is 586. The third kappa shape index (κ3) is 4.41. The average molecular weight is 312 g/mol. The molecule has 0 aliphatic carbocycles. The fourth-order valence-corrected chi connectivity index (χ4v) is 2.15. The van der Waals surface area contributed by atoms with E-state index in [-0.39, 0.29) is 24.6 Å². The van der Waals surface area contributed by atoms with E-state index in [4.69, 9.17) is 16.3 Å². The number of nitrogens with one attached hydrogen (secondary N) is 1. The average Bonchev–Trinajstić information content (AvgIpc) is 2.46. The Morgan fingerprint density at radius 1 is 1.14 bits per heavy atom. The molecule has 1 atom stereocenters. The number of likely N-dealkylation sites (N-methyl/N-ethyl adjacent to an activating group) is 1. The number of hydrogen-bond donors (Lipinski definition) is 1. The van der Waals surface area contributed by atoms with E-state index in [1.165, 1.54) is 18.2 Å². The van der Waals surface area contributed by atoms with Gasteiger partial charge in [0.25, 0.3) is 0 Å². The molecule has 1 unspecified atom stereocenters. The van der Waals surface area contributed by atoms with Gasteiger partial charge in [-0.1, -0.05) is 23.7 Å². The van der Waals surface area contributed by atoms with E-state index < -0.39 is 11.6 Å². The third-order valence-electron chi connectivity index (χ3n) is 3.17. The highest BCUT2D eigenvalue weighted by molar-refractivity contribution is 6.30. The lowest BCUT2D eigenvalue weighted by molar-refractivity contribution is 0.268. The molecule has 0 amide bonds. The first-order chi connectivity index (χ1) is 10.1. The van der Waals surface area contributed by atoms with Gasteiger partial charge in [0.05, 0.1) is 0 Å². The molecule has 112 valence electrons. The normalized spacial score (nSPS) is 12.2. The fraction of sp³-hybridized carbons (Fsp3) is 0.250. The summed E-state index contributed by atoms with van der Waals surface area (Å²) in [5, 5.41) is 3.58. The van der Waals surface area contributed by atoms with E-state index in [1.807, 2.05) is 0 Å². The van der Waals surface area contributed by atoms with Crippen molar-refractivity contribution in [1.29, 1.82) is 0 Å². The molecule has 0 aliphatic rings. The van der Waals surface area contributed by atoms with E-state index in [0.29, 0.717) is 10.8 Å². The monoisotopic (exact) mass is 311 g/mol. The highest BCUT2D eigenvalue weighted by Gasteiger charge is 2.15. The summed E-state index contributed by atoms with van der Waals surface area (Å²) < 4.78 is 32.9. The van der Waals surface area contributed by atoms with Gasteiger partial charge in [0.15, 0.2) is 0 Å². The van der Waals surface area contributed by atoms with Crippen LogP contribution in [0.1, 0.15) is 5.56 Å².